The van der Waals surface area contributed by atoms with Crippen LogP contribution in [-0.4, -0.2) is 0 Å². The Morgan fingerprint density at radius 2 is 0.333 bits per heavy atom. The van der Waals surface area contributed by atoms with Crippen LogP contribution in [0.4, 0.5) is 0 Å². The van der Waals surface area contributed by atoms with Gasteiger partial charge >= 0.3 is 0 Å². The minimum Gasteiger partial charge on any atom is -0.197 e. The van der Waals surface area contributed by atoms with Crippen molar-refractivity contribution in [2.24, 2.45) is 0 Å². The highest BCUT2D eigenvalue weighted by Crippen LogP contribution is 2.29. The normalized spacial score (nSPS) is 9.56. The van der Waals surface area contributed by atoms with Crippen LogP contribution in [-0.2, 0) is 0 Å². The second-order valence-corrected chi connectivity index (χ2v) is 13.0. The lowest BCUT2D eigenvalue weighted by Gasteiger charge is -2.02. The maximum Gasteiger partial charge on any atom is 0.0484 e. The molecule has 0 fully saturated rings. The Kier molecular flexibility index (Phi) is 19.7. The summed E-state index contributed by atoms with van der Waals surface area (Å²) in [4.78, 5) is 0. The first-order valence-corrected chi connectivity index (χ1v) is 18.2. The first-order valence-electron chi connectivity index (χ1n) is 16.7. The van der Waals surface area contributed by atoms with E-state index in [4.69, 9.17) is 46.4 Å². The quantitative estimate of drug-likeness (QED) is 0.166. The van der Waals surface area contributed by atoms with Crippen molar-refractivity contribution < 1.29 is 0 Å². The molecule has 0 N–H and O–H groups in total. The fraction of sp³-hybridized carbons (Fsp3) is 0. The summed E-state index contributed by atoms with van der Waals surface area (Å²) >= 11 is 24.2. The van der Waals surface area contributed by atoms with Crippen LogP contribution in [0, 0.1) is 0 Å². The average Bonchev–Trinajstić information content (AvgIpc) is 3.21. The van der Waals surface area contributed by atoms with Crippen LogP contribution in [0.25, 0.3) is 44.5 Å². The Bertz CT molecular complexity index is 1910. The number of benzene rings is 8. The van der Waals surface area contributed by atoms with E-state index in [1.165, 1.54) is 0 Å². The van der Waals surface area contributed by atoms with Gasteiger partial charge in [-0.05, 0) is 46.5 Å². The van der Waals surface area contributed by atoms with Gasteiger partial charge in [-0.2, -0.15) is 27.0 Å². The van der Waals surface area contributed by atoms with E-state index in [1.54, 1.807) is 0 Å². The average molecular weight is 823 g/mol. The van der Waals surface area contributed by atoms with Gasteiger partial charge in [0.05, 0.1) is 0 Å². The number of hydrogen-bond donors (Lipinski definition) is 0. The third-order valence-electron chi connectivity index (χ3n) is 7.83. The van der Waals surface area contributed by atoms with E-state index in [0.29, 0.717) is 0 Å². The summed E-state index contributed by atoms with van der Waals surface area (Å²) in [6.07, 6.45) is 0. The lowest BCUT2D eigenvalue weighted by Crippen LogP contribution is -1.77. The van der Waals surface area contributed by atoms with Gasteiger partial charge in [0, 0.05) is 42.3 Å². The van der Waals surface area contributed by atoms with Crippen LogP contribution >= 0.6 is 73.4 Å². The number of hydrogen-bond acceptors (Lipinski definition) is 0. The summed E-state index contributed by atoms with van der Waals surface area (Å²) < 4.78 is 0. The standard InChI is InChI=1S/4C12H9Cl.2H2S/c4*13-12-9-5-4-8-11(12)10-6-2-1-3-7-10;;/h4*1-9H;2*1H2. The fourth-order valence-corrected chi connectivity index (χ4v) is 6.23. The molecule has 0 saturated heterocycles. The van der Waals surface area contributed by atoms with Gasteiger partial charge in [0.15, 0.2) is 0 Å². The molecule has 0 unspecified atom stereocenters. The molecule has 0 aliphatic carbocycles. The van der Waals surface area contributed by atoms with Crippen molar-refractivity contribution in [3.8, 4) is 44.5 Å². The molecule has 0 radical (unpaired) electrons. The molecule has 0 aromatic heterocycles. The Morgan fingerprint density at radius 1 is 0.185 bits per heavy atom. The summed E-state index contributed by atoms with van der Waals surface area (Å²) in [5.41, 5.74) is 8.99. The van der Waals surface area contributed by atoms with E-state index in [9.17, 15) is 0 Å². The van der Waals surface area contributed by atoms with Gasteiger partial charge < -0.3 is 0 Å². The minimum atomic E-state index is 0. The van der Waals surface area contributed by atoms with Crippen molar-refractivity contribution in [2.45, 2.75) is 0 Å². The van der Waals surface area contributed by atoms with E-state index in [-0.39, 0.29) is 27.0 Å². The highest BCUT2D eigenvalue weighted by Gasteiger charge is 2.02. The molecule has 0 atom stereocenters. The molecule has 6 heteroatoms. The molecule has 0 aliphatic heterocycles. The van der Waals surface area contributed by atoms with Gasteiger partial charge in [-0.15, -0.1) is 0 Å². The van der Waals surface area contributed by atoms with Crippen molar-refractivity contribution in [3.05, 3.63) is 238 Å². The predicted molar refractivity (Wildman–Crippen MR) is 248 cm³/mol. The Morgan fingerprint density at radius 3 is 0.500 bits per heavy atom. The molecule has 0 heterocycles. The molecule has 8 rings (SSSR count). The third kappa shape index (κ3) is 13.5. The van der Waals surface area contributed by atoms with Crippen molar-refractivity contribution >= 4 is 73.4 Å². The second-order valence-electron chi connectivity index (χ2n) is 11.4. The third-order valence-corrected chi connectivity index (χ3v) is 9.15. The smallest absolute Gasteiger partial charge is 0.0484 e. The maximum atomic E-state index is 6.06. The summed E-state index contributed by atoms with van der Waals surface area (Å²) in [5.74, 6) is 0. The topological polar surface area (TPSA) is 0 Å². The number of halogens is 4. The lowest BCUT2D eigenvalue weighted by atomic mass is 10.1. The molecular formula is C48H40Cl4S2. The summed E-state index contributed by atoms with van der Waals surface area (Å²) in [6, 6.07) is 72.0. The van der Waals surface area contributed by atoms with Crippen LogP contribution in [0.1, 0.15) is 0 Å². The van der Waals surface area contributed by atoms with Gasteiger partial charge in [-0.25, -0.2) is 0 Å². The monoisotopic (exact) mass is 820 g/mol. The van der Waals surface area contributed by atoms with Crippen molar-refractivity contribution in [1.82, 2.24) is 0 Å². The SMILES string of the molecule is Clc1ccccc1-c1ccccc1.Clc1ccccc1-c1ccccc1.Clc1ccccc1-c1ccccc1.Clc1ccccc1-c1ccccc1.S.S. The first-order chi connectivity index (χ1) is 25.5. The maximum absolute atomic E-state index is 6.06. The lowest BCUT2D eigenvalue weighted by molar-refractivity contribution is 1.62. The molecule has 0 saturated carbocycles. The summed E-state index contributed by atoms with van der Waals surface area (Å²) in [6.45, 7) is 0. The summed E-state index contributed by atoms with van der Waals surface area (Å²) in [7, 11) is 0. The van der Waals surface area contributed by atoms with E-state index in [0.717, 1.165) is 64.6 Å². The van der Waals surface area contributed by atoms with Crippen molar-refractivity contribution in [1.29, 1.82) is 0 Å². The molecule has 8 aromatic rings. The molecule has 54 heavy (non-hydrogen) atoms. The van der Waals surface area contributed by atoms with E-state index in [2.05, 4.69) is 48.5 Å². The van der Waals surface area contributed by atoms with Gasteiger partial charge in [0.2, 0.25) is 0 Å². The zero-order valence-electron chi connectivity index (χ0n) is 29.3. The van der Waals surface area contributed by atoms with Gasteiger partial charge in [-0.3, -0.25) is 0 Å². The molecule has 8 aromatic carbocycles. The molecule has 272 valence electrons. The molecule has 0 aliphatic rings. The van der Waals surface area contributed by atoms with Crippen molar-refractivity contribution in [3.63, 3.8) is 0 Å². The highest BCUT2D eigenvalue weighted by molar-refractivity contribution is 7.59. The molecule has 0 amide bonds. The second kappa shape index (κ2) is 24.1. The Labute approximate surface area is 353 Å². The molecule has 0 spiro atoms. The van der Waals surface area contributed by atoms with E-state index < -0.39 is 0 Å². The molecular weight excluding hydrogens is 782 g/mol. The van der Waals surface area contributed by atoms with Crippen molar-refractivity contribution in [2.75, 3.05) is 0 Å². The minimum absolute atomic E-state index is 0. The van der Waals surface area contributed by atoms with Gasteiger partial charge in [0.1, 0.15) is 0 Å². The molecule has 0 bridgehead atoms. The van der Waals surface area contributed by atoms with Gasteiger partial charge in [0.25, 0.3) is 0 Å². The van der Waals surface area contributed by atoms with Crippen LogP contribution in [0.2, 0.25) is 20.1 Å². The zero-order valence-corrected chi connectivity index (χ0v) is 34.3. The van der Waals surface area contributed by atoms with Crippen LogP contribution < -0.4 is 0 Å². The largest absolute Gasteiger partial charge is 0.197 e. The van der Waals surface area contributed by atoms with E-state index >= 15 is 0 Å². The van der Waals surface area contributed by atoms with Crippen LogP contribution in [0.15, 0.2) is 218 Å². The van der Waals surface area contributed by atoms with Crippen LogP contribution in [0.3, 0.4) is 0 Å². The summed E-state index contributed by atoms with van der Waals surface area (Å²) in [5, 5.41) is 3.20. The first kappa shape index (κ1) is 44.0. The van der Waals surface area contributed by atoms with Crippen LogP contribution in [0.5, 0.6) is 0 Å². The van der Waals surface area contributed by atoms with E-state index in [1.807, 2.05) is 170 Å². The highest BCUT2D eigenvalue weighted by atomic mass is 35.5. The fourth-order valence-electron chi connectivity index (χ4n) is 5.25. The zero-order chi connectivity index (χ0) is 36.4. The Balaban J connectivity index is 0.000000191. The molecule has 0 nitrogen and oxygen atoms in total. The number of rotatable bonds is 4. The Hall–Kier alpha value is -4.38. The van der Waals surface area contributed by atoms with Gasteiger partial charge in [-0.1, -0.05) is 241 Å². The predicted octanol–water partition coefficient (Wildman–Crippen LogP) is 16.3.